The van der Waals surface area contributed by atoms with E-state index in [2.05, 4.69) is 0 Å². The van der Waals surface area contributed by atoms with Gasteiger partial charge in [0.05, 0.1) is 5.02 Å². The van der Waals surface area contributed by atoms with Crippen LogP contribution in [0, 0.1) is 18.6 Å². The molecule has 2 aromatic carbocycles. The van der Waals surface area contributed by atoms with Gasteiger partial charge in [-0.05, 0) is 43.2 Å². The van der Waals surface area contributed by atoms with Gasteiger partial charge in [0.2, 0.25) is 0 Å². The van der Waals surface area contributed by atoms with Crippen LogP contribution in [0.5, 0.6) is 0 Å². The van der Waals surface area contributed by atoms with Crippen molar-refractivity contribution in [1.29, 1.82) is 0 Å². The van der Waals surface area contributed by atoms with Crippen LogP contribution in [0.15, 0.2) is 30.3 Å². The summed E-state index contributed by atoms with van der Waals surface area (Å²) < 4.78 is 27.2. The summed E-state index contributed by atoms with van der Waals surface area (Å²) in [6, 6.07) is 6.59. The molecule has 0 aliphatic rings. The summed E-state index contributed by atoms with van der Waals surface area (Å²) in [5.41, 5.74) is -0.761. The summed E-state index contributed by atoms with van der Waals surface area (Å²) in [6.45, 7) is 3.04. The molecule has 0 radical (unpaired) electrons. The van der Waals surface area contributed by atoms with Crippen molar-refractivity contribution < 1.29 is 13.9 Å². The molecule has 0 fully saturated rings. The zero-order chi connectivity index (χ0) is 15.1. The molecule has 1 N–H and O–H groups in total. The summed E-state index contributed by atoms with van der Waals surface area (Å²) in [6.07, 6.45) is 0. The van der Waals surface area contributed by atoms with Crippen LogP contribution in [-0.2, 0) is 5.60 Å². The van der Waals surface area contributed by atoms with Crippen molar-refractivity contribution in [3.63, 3.8) is 0 Å². The van der Waals surface area contributed by atoms with Crippen LogP contribution in [0.25, 0.3) is 0 Å². The van der Waals surface area contributed by atoms with Crippen LogP contribution in [0.3, 0.4) is 0 Å². The monoisotopic (exact) mass is 316 g/mol. The Morgan fingerprint density at radius 2 is 1.65 bits per heavy atom. The summed E-state index contributed by atoms with van der Waals surface area (Å²) in [4.78, 5) is 0. The Bertz CT molecular complexity index is 669. The highest BCUT2D eigenvalue weighted by molar-refractivity contribution is 6.35. The Kier molecular flexibility index (Phi) is 4.05. The lowest BCUT2D eigenvalue weighted by atomic mass is 9.87. The minimum atomic E-state index is -1.63. The summed E-state index contributed by atoms with van der Waals surface area (Å²) in [7, 11) is 0. The van der Waals surface area contributed by atoms with Gasteiger partial charge in [0.15, 0.2) is 0 Å². The molecule has 2 aromatic rings. The van der Waals surface area contributed by atoms with E-state index in [1.807, 2.05) is 0 Å². The molecule has 0 aromatic heterocycles. The number of aryl methyl sites for hydroxylation is 1. The van der Waals surface area contributed by atoms with Gasteiger partial charge in [-0.25, -0.2) is 8.78 Å². The first-order chi connectivity index (χ1) is 9.23. The molecule has 2 rings (SSSR count). The molecule has 1 atom stereocenters. The lowest BCUT2D eigenvalue weighted by molar-refractivity contribution is 0.102. The van der Waals surface area contributed by atoms with Crippen LogP contribution < -0.4 is 0 Å². The van der Waals surface area contributed by atoms with E-state index < -0.39 is 17.2 Å². The van der Waals surface area contributed by atoms with Gasteiger partial charge in [0, 0.05) is 10.6 Å². The van der Waals surface area contributed by atoms with E-state index in [-0.39, 0.29) is 21.2 Å². The molecule has 0 aliphatic carbocycles. The minimum Gasteiger partial charge on any atom is -0.381 e. The third-order valence-electron chi connectivity index (χ3n) is 3.27. The molecule has 1 nitrogen and oxygen atoms in total. The molecular weight excluding hydrogens is 305 g/mol. The quantitative estimate of drug-likeness (QED) is 0.786. The lowest BCUT2D eigenvalue weighted by Crippen LogP contribution is -2.24. The van der Waals surface area contributed by atoms with E-state index >= 15 is 0 Å². The van der Waals surface area contributed by atoms with Crippen LogP contribution in [-0.4, -0.2) is 5.11 Å². The van der Waals surface area contributed by atoms with Crippen molar-refractivity contribution >= 4 is 23.2 Å². The average Bonchev–Trinajstić information content (AvgIpc) is 2.36. The van der Waals surface area contributed by atoms with Gasteiger partial charge in [-0.2, -0.15) is 0 Å². The summed E-state index contributed by atoms with van der Waals surface area (Å²) in [5.74, 6) is -1.15. The van der Waals surface area contributed by atoms with E-state index in [1.165, 1.54) is 19.1 Å². The Balaban J connectivity index is 2.59. The minimum absolute atomic E-state index is 0.113. The predicted octanol–water partition coefficient (Wildman–Crippen LogP) is 4.84. The standard InChI is InChI=1S/C15H12Cl2F2O/c1-8-3-4-9(5-13(8)18)15(2,20)10-6-14(19)12(17)7-11(10)16/h3-7,20H,1-2H3. The zero-order valence-electron chi connectivity index (χ0n) is 10.8. The van der Waals surface area contributed by atoms with Gasteiger partial charge < -0.3 is 5.11 Å². The van der Waals surface area contributed by atoms with Gasteiger partial charge >= 0.3 is 0 Å². The van der Waals surface area contributed by atoms with E-state index in [9.17, 15) is 13.9 Å². The Morgan fingerprint density at radius 3 is 2.25 bits per heavy atom. The Labute approximate surface area is 125 Å². The molecule has 0 aliphatic heterocycles. The van der Waals surface area contributed by atoms with E-state index in [1.54, 1.807) is 19.1 Å². The number of hydrogen-bond donors (Lipinski definition) is 1. The number of benzene rings is 2. The molecule has 106 valence electrons. The highest BCUT2D eigenvalue weighted by atomic mass is 35.5. The van der Waals surface area contributed by atoms with E-state index in [4.69, 9.17) is 23.2 Å². The second-order valence-corrected chi connectivity index (χ2v) is 5.60. The van der Waals surface area contributed by atoms with Gasteiger partial charge in [-0.3, -0.25) is 0 Å². The summed E-state index contributed by atoms with van der Waals surface area (Å²) in [5, 5.41) is 10.6. The molecule has 0 saturated heterocycles. The fourth-order valence-corrected chi connectivity index (χ4v) is 2.51. The summed E-state index contributed by atoms with van der Waals surface area (Å²) >= 11 is 11.6. The lowest BCUT2D eigenvalue weighted by Gasteiger charge is -2.26. The number of aliphatic hydroxyl groups is 1. The van der Waals surface area contributed by atoms with Crippen molar-refractivity contribution in [2.75, 3.05) is 0 Å². The first kappa shape index (κ1) is 15.2. The predicted molar refractivity (Wildman–Crippen MR) is 76.2 cm³/mol. The largest absolute Gasteiger partial charge is 0.381 e. The second kappa shape index (κ2) is 5.32. The normalized spacial score (nSPS) is 14.2. The molecule has 0 saturated carbocycles. The van der Waals surface area contributed by atoms with Gasteiger partial charge in [-0.1, -0.05) is 35.3 Å². The van der Waals surface area contributed by atoms with Crippen molar-refractivity contribution in [3.05, 3.63) is 68.7 Å². The van der Waals surface area contributed by atoms with Crippen molar-refractivity contribution in [2.24, 2.45) is 0 Å². The van der Waals surface area contributed by atoms with Gasteiger partial charge in [0.1, 0.15) is 17.2 Å². The number of halogens is 4. The first-order valence-corrected chi connectivity index (χ1v) is 6.63. The second-order valence-electron chi connectivity index (χ2n) is 4.78. The fraction of sp³-hybridized carbons (Fsp3) is 0.200. The van der Waals surface area contributed by atoms with Crippen LogP contribution >= 0.6 is 23.2 Å². The third-order valence-corrected chi connectivity index (χ3v) is 3.87. The molecule has 0 spiro atoms. The SMILES string of the molecule is Cc1ccc(C(C)(O)c2cc(F)c(Cl)cc2Cl)cc1F. The molecule has 20 heavy (non-hydrogen) atoms. The smallest absolute Gasteiger partial charge is 0.142 e. The van der Waals surface area contributed by atoms with Crippen LogP contribution in [0.2, 0.25) is 10.0 Å². The molecule has 1 unspecified atom stereocenters. The molecule has 0 heterocycles. The van der Waals surface area contributed by atoms with E-state index in [0.29, 0.717) is 5.56 Å². The Morgan fingerprint density at radius 1 is 1.00 bits per heavy atom. The molecule has 5 heteroatoms. The van der Waals surface area contributed by atoms with E-state index in [0.717, 1.165) is 6.07 Å². The number of rotatable bonds is 2. The zero-order valence-corrected chi connectivity index (χ0v) is 12.4. The molecule has 0 bridgehead atoms. The number of hydrogen-bond acceptors (Lipinski definition) is 1. The van der Waals surface area contributed by atoms with Crippen molar-refractivity contribution in [3.8, 4) is 0 Å². The maximum Gasteiger partial charge on any atom is 0.142 e. The third kappa shape index (κ3) is 2.66. The maximum absolute atomic E-state index is 13.6. The van der Waals surface area contributed by atoms with Gasteiger partial charge in [-0.15, -0.1) is 0 Å². The first-order valence-electron chi connectivity index (χ1n) is 5.87. The van der Waals surface area contributed by atoms with Crippen LogP contribution in [0.1, 0.15) is 23.6 Å². The Hall–Kier alpha value is -1.16. The molecular formula is C15H12Cl2F2O. The average molecular weight is 317 g/mol. The fourth-order valence-electron chi connectivity index (χ4n) is 1.95. The van der Waals surface area contributed by atoms with Crippen molar-refractivity contribution in [1.82, 2.24) is 0 Å². The molecule has 0 amide bonds. The van der Waals surface area contributed by atoms with Crippen molar-refractivity contribution in [2.45, 2.75) is 19.4 Å². The highest BCUT2D eigenvalue weighted by Crippen LogP contribution is 2.36. The highest BCUT2D eigenvalue weighted by Gasteiger charge is 2.29. The van der Waals surface area contributed by atoms with Crippen LogP contribution in [0.4, 0.5) is 8.78 Å². The van der Waals surface area contributed by atoms with Gasteiger partial charge in [0.25, 0.3) is 0 Å². The maximum atomic E-state index is 13.6. The topological polar surface area (TPSA) is 20.2 Å².